The summed E-state index contributed by atoms with van der Waals surface area (Å²) in [5.41, 5.74) is 0. The molecule has 2 atom stereocenters. The number of carbonyl (C=O) groups is 2. The quantitative estimate of drug-likeness (QED) is 0.679. The van der Waals surface area contributed by atoms with E-state index in [9.17, 15) is 9.59 Å². The molecule has 0 aromatic carbocycles. The Bertz CT molecular complexity index is 293. The molecule has 0 aromatic rings. The monoisotopic (exact) mass is 225 g/mol. The topological polar surface area (TPSA) is 61.4 Å². The van der Waals surface area contributed by atoms with Crippen molar-refractivity contribution in [2.75, 3.05) is 20.1 Å². The van der Waals surface area contributed by atoms with Gasteiger partial charge in [-0.25, -0.2) is 0 Å². The maximum Gasteiger partial charge on any atom is 0.245 e. The Labute approximate surface area is 95.6 Å². The van der Waals surface area contributed by atoms with Crippen LogP contribution >= 0.6 is 0 Å². The van der Waals surface area contributed by atoms with Crippen molar-refractivity contribution >= 4 is 11.8 Å². The van der Waals surface area contributed by atoms with Gasteiger partial charge in [-0.2, -0.15) is 0 Å². The van der Waals surface area contributed by atoms with E-state index in [4.69, 9.17) is 0 Å². The minimum atomic E-state index is -0.273. The highest BCUT2D eigenvalue weighted by Crippen LogP contribution is 2.20. The van der Waals surface area contributed by atoms with Crippen molar-refractivity contribution in [3.05, 3.63) is 0 Å². The van der Waals surface area contributed by atoms with Crippen LogP contribution < -0.4 is 10.6 Å². The van der Waals surface area contributed by atoms with Gasteiger partial charge in [0.1, 0.15) is 6.04 Å². The van der Waals surface area contributed by atoms with E-state index >= 15 is 0 Å². The molecule has 90 valence electrons. The van der Waals surface area contributed by atoms with Crippen LogP contribution in [0.3, 0.4) is 0 Å². The van der Waals surface area contributed by atoms with Crippen LogP contribution in [0.1, 0.15) is 25.7 Å². The number of amides is 2. The summed E-state index contributed by atoms with van der Waals surface area (Å²) < 4.78 is 0. The van der Waals surface area contributed by atoms with Crippen molar-refractivity contribution in [1.82, 2.24) is 15.5 Å². The molecule has 0 bridgehead atoms. The third kappa shape index (κ3) is 2.19. The lowest BCUT2D eigenvalue weighted by molar-refractivity contribution is -0.135. The van der Waals surface area contributed by atoms with E-state index in [1.54, 1.807) is 0 Å². The van der Waals surface area contributed by atoms with Gasteiger partial charge in [-0.1, -0.05) is 0 Å². The SMILES string of the molecule is CNCC1CCCN1C(=O)[C@@H]1CCC(=O)N1. The highest BCUT2D eigenvalue weighted by Gasteiger charge is 2.35. The lowest BCUT2D eigenvalue weighted by Gasteiger charge is -2.27. The summed E-state index contributed by atoms with van der Waals surface area (Å²) >= 11 is 0. The Balaban J connectivity index is 1.95. The van der Waals surface area contributed by atoms with E-state index in [1.807, 2.05) is 11.9 Å². The summed E-state index contributed by atoms with van der Waals surface area (Å²) in [5, 5.41) is 5.86. The van der Waals surface area contributed by atoms with Crippen LogP contribution in [0.5, 0.6) is 0 Å². The summed E-state index contributed by atoms with van der Waals surface area (Å²) in [6.07, 6.45) is 3.27. The predicted molar refractivity (Wildman–Crippen MR) is 59.8 cm³/mol. The lowest BCUT2D eigenvalue weighted by Crippen LogP contribution is -2.48. The van der Waals surface area contributed by atoms with Gasteiger partial charge < -0.3 is 15.5 Å². The van der Waals surface area contributed by atoms with Crippen LogP contribution in [0.4, 0.5) is 0 Å². The van der Waals surface area contributed by atoms with Gasteiger partial charge in [0.25, 0.3) is 0 Å². The van der Waals surface area contributed by atoms with Crippen molar-refractivity contribution in [2.45, 2.75) is 37.8 Å². The van der Waals surface area contributed by atoms with Crippen molar-refractivity contribution in [2.24, 2.45) is 0 Å². The summed E-state index contributed by atoms with van der Waals surface area (Å²) in [6, 6.07) is 0.0277. The van der Waals surface area contributed by atoms with Gasteiger partial charge >= 0.3 is 0 Å². The van der Waals surface area contributed by atoms with Crippen LogP contribution in [0.25, 0.3) is 0 Å². The summed E-state index contributed by atoms with van der Waals surface area (Å²) in [4.78, 5) is 25.2. The molecule has 2 amide bonds. The second-order valence-electron chi connectivity index (χ2n) is 4.54. The van der Waals surface area contributed by atoms with Gasteiger partial charge in [0.05, 0.1) is 0 Å². The number of nitrogens with zero attached hydrogens (tertiary/aromatic N) is 1. The number of rotatable bonds is 3. The molecule has 0 saturated carbocycles. The molecule has 5 heteroatoms. The summed E-state index contributed by atoms with van der Waals surface area (Å²) in [5.74, 6) is 0.103. The zero-order valence-corrected chi connectivity index (χ0v) is 9.66. The zero-order valence-electron chi connectivity index (χ0n) is 9.66. The molecule has 5 nitrogen and oxygen atoms in total. The molecule has 2 heterocycles. The Kier molecular flexibility index (Phi) is 3.43. The highest BCUT2D eigenvalue weighted by atomic mass is 16.2. The van der Waals surface area contributed by atoms with Gasteiger partial charge in [-0.15, -0.1) is 0 Å². The number of hydrogen-bond acceptors (Lipinski definition) is 3. The smallest absolute Gasteiger partial charge is 0.245 e. The Morgan fingerprint density at radius 3 is 3.00 bits per heavy atom. The lowest BCUT2D eigenvalue weighted by atomic mass is 10.1. The Morgan fingerprint density at radius 1 is 1.56 bits per heavy atom. The van der Waals surface area contributed by atoms with Crippen LogP contribution in [-0.2, 0) is 9.59 Å². The number of likely N-dealkylation sites (N-methyl/N-ethyl adjacent to an activating group) is 1. The van der Waals surface area contributed by atoms with Crippen molar-refractivity contribution in [3.63, 3.8) is 0 Å². The molecule has 1 unspecified atom stereocenters. The molecule has 2 saturated heterocycles. The minimum Gasteiger partial charge on any atom is -0.344 e. The average Bonchev–Trinajstić information content (AvgIpc) is 2.87. The normalized spacial score (nSPS) is 29.6. The third-order valence-electron chi connectivity index (χ3n) is 3.39. The Hall–Kier alpha value is -1.10. The number of likely N-dealkylation sites (tertiary alicyclic amines) is 1. The first-order chi connectivity index (χ1) is 7.72. The second-order valence-corrected chi connectivity index (χ2v) is 4.54. The molecule has 0 radical (unpaired) electrons. The zero-order chi connectivity index (χ0) is 11.5. The highest BCUT2D eigenvalue weighted by molar-refractivity contribution is 5.91. The number of hydrogen-bond donors (Lipinski definition) is 2. The number of carbonyl (C=O) groups excluding carboxylic acids is 2. The molecule has 2 rings (SSSR count). The standard InChI is InChI=1S/C11H19N3O2/c1-12-7-8-3-2-6-14(8)11(16)9-4-5-10(15)13-9/h8-9,12H,2-7H2,1H3,(H,13,15)/t8?,9-/m0/s1. The molecular weight excluding hydrogens is 206 g/mol. The van der Waals surface area contributed by atoms with Gasteiger partial charge in [0.2, 0.25) is 11.8 Å². The summed E-state index contributed by atoms with van der Waals surface area (Å²) in [7, 11) is 1.90. The van der Waals surface area contributed by atoms with E-state index in [0.717, 1.165) is 25.9 Å². The fourth-order valence-corrected chi connectivity index (χ4v) is 2.57. The first-order valence-electron chi connectivity index (χ1n) is 5.97. The van der Waals surface area contributed by atoms with Gasteiger partial charge in [-0.05, 0) is 26.3 Å². The average molecular weight is 225 g/mol. The largest absolute Gasteiger partial charge is 0.344 e. The van der Waals surface area contributed by atoms with Crippen molar-refractivity contribution in [1.29, 1.82) is 0 Å². The van der Waals surface area contributed by atoms with E-state index in [2.05, 4.69) is 10.6 Å². The van der Waals surface area contributed by atoms with Gasteiger partial charge in [0.15, 0.2) is 0 Å². The molecule has 0 aromatic heterocycles. The molecule has 0 aliphatic carbocycles. The third-order valence-corrected chi connectivity index (χ3v) is 3.39. The minimum absolute atomic E-state index is 0.00251. The van der Waals surface area contributed by atoms with E-state index in [1.165, 1.54) is 0 Å². The molecule has 16 heavy (non-hydrogen) atoms. The molecule has 0 spiro atoms. The molecule has 2 aliphatic rings. The molecule has 2 aliphatic heterocycles. The van der Waals surface area contributed by atoms with E-state index < -0.39 is 0 Å². The number of nitrogens with one attached hydrogen (secondary N) is 2. The van der Waals surface area contributed by atoms with Crippen molar-refractivity contribution in [3.8, 4) is 0 Å². The molecular formula is C11H19N3O2. The van der Waals surface area contributed by atoms with E-state index in [-0.39, 0.29) is 17.9 Å². The fraction of sp³-hybridized carbons (Fsp3) is 0.818. The van der Waals surface area contributed by atoms with Gasteiger partial charge in [-0.3, -0.25) is 9.59 Å². The van der Waals surface area contributed by atoms with Gasteiger partial charge in [0, 0.05) is 25.6 Å². The molecule has 2 N–H and O–H groups in total. The van der Waals surface area contributed by atoms with Crippen LogP contribution in [0.15, 0.2) is 0 Å². The second kappa shape index (κ2) is 4.82. The van der Waals surface area contributed by atoms with Crippen LogP contribution in [0.2, 0.25) is 0 Å². The first kappa shape index (κ1) is 11.4. The van der Waals surface area contributed by atoms with Crippen molar-refractivity contribution < 1.29 is 9.59 Å². The Morgan fingerprint density at radius 2 is 2.38 bits per heavy atom. The first-order valence-corrected chi connectivity index (χ1v) is 5.97. The predicted octanol–water partition coefficient (Wildman–Crippen LogP) is -0.525. The van der Waals surface area contributed by atoms with E-state index in [0.29, 0.717) is 18.9 Å². The van der Waals surface area contributed by atoms with Crippen LogP contribution in [-0.4, -0.2) is 48.9 Å². The van der Waals surface area contributed by atoms with Crippen LogP contribution in [0, 0.1) is 0 Å². The molecule has 2 fully saturated rings. The fourth-order valence-electron chi connectivity index (χ4n) is 2.57. The maximum atomic E-state index is 12.2. The summed E-state index contributed by atoms with van der Waals surface area (Å²) in [6.45, 7) is 1.67. The maximum absolute atomic E-state index is 12.2.